The predicted octanol–water partition coefficient (Wildman–Crippen LogP) is 0.697. The van der Waals surface area contributed by atoms with Crippen molar-refractivity contribution in [1.82, 2.24) is 5.43 Å². The van der Waals surface area contributed by atoms with Gasteiger partial charge >= 0.3 is 6.03 Å². The van der Waals surface area contributed by atoms with Crippen molar-refractivity contribution < 1.29 is 9.53 Å². The Morgan fingerprint density at radius 1 is 1.50 bits per heavy atom. The van der Waals surface area contributed by atoms with E-state index >= 15 is 0 Å². The minimum absolute atomic E-state index is 0.685. The Balaban J connectivity index is 2.59. The number of amides is 2. The van der Waals surface area contributed by atoms with Crippen molar-refractivity contribution in [3.8, 4) is 5.75 Å². The molecule has 0 atom stereocenters. The fourth-order valence-electron chi connectivity index (χ4n) is 0.860. The number of hydrogen-bond donors (Lipinski definition) is 2. The van der Waals surface area contributed by atoms with Gasteiger partial charge in [0.1, 0.15) is 5.75 Å². The number of nitrogens with one attached hydrogen (secondary N) is 1. The van der Waals surface area contributed by atoms with Crippen LogP contribution in [0.3, 0.4) is 0 Å². The number of hydrazone groups is 1. The molecule has 5 nitrogen and oxygen atoms in total. The van der Waals surface area contributed by atoms with E-state index in [4.69, 9.17) is 10.5 Å². The summed E-state index contributed by atoms with van der Waals surface area (Å²) >= 11 is 0. The van der Waals surface area contributed by atoms with Gasteiger partial charge in [-0.05, 0) is 29.8 Å². The van der Waals surface area contributed by atoms with Gasteiger partial charge in [0.15, 0.2) is 0 Å². The van der Waals surface area contributed by atoms with Crippen molar-refractivity contribution in [2.45, 2.75) is 0 Å². The lowest BCUT2D eigenvalue weighted by molar-refractivity contribution is 0.249. The first-order valence-corrected chi connectivity index (χ1v) is 3.95. The lowest BCUT2D eigenvalue weighted by atomic mass is 10.2. The molecule has 1 aromatic carbocycles. The molecule has 0 aliphatic rings. The Kier molecular flexibility index (Phi) is 3.49. The summed E-state index contributed by atoms with van der Waals surface area (Å²) in [6.45, 7) is 0. The van der Waals surface area contributed by atoms with Crippen molar-refractivity contribution >= 4 is 12.2 Å². The Morgan fingerprint density at radius 3 is 2.64 bits per heavy atom. The average molecular weight is 193 g/mol. The lowest BCUT2D eigenvalue weighted by Gasteiger charge is -1.98. The number of benzene rings is 1. The molecule has 5 heteroatoms. The molecule has 1 rings (SSSR count). The molecular formula is C9H11N3O2. The highest BCUT2D eigenvalue weighted by Gasteiger charge is 1.90. The molecule has 0 aliphatic carbocycles. The first kappa shape index (κ1) is 10.0. The molecule has 0 saturated heterocycles. The quantitative estimate of drug-likeness (QED) is 0.547. The molecule has 0 bridgehead atoms. The molecular weight excluding hydrogens is 182 g/mol. The highest BCUT2D eigenvalue weighted by atomic mass is 16.5. The van der Waals surface area contributed by atoms with Gasteiger partial charge in [-0.3, -0.25) is 0 Å². The van der Waals surface area contributed by atoms with Crippen LogP contribution in [0.4, 0.5) is 4.79 Å². The van der Waals surface area contributed by atoms with Crippen LogP contribution >= 0.6 is 0 Å². The third-order valence-electron chi connectivity index (χ3n) is 1.50. The molecule has 0 radical (unpaired) electrons. The summed E-state index contributed by atoms with van der Waals surface area (Å²) in [4.78, 5) is 10.3. The number of carbonyl (C=O) groups excluding carboxylic acids is 1. The summed E-state index contributed by atoms with van der Waals surface area (Å²) in [6.07, 6.45) is 1.49. The Hall–Kier alpha value is -2.04. The van der Waals surface area contributed by atoms with Gasteiger partial charge in [-0.15, -0.1) is 0 Å². The summed E-state index contributed by atoms with van der Waals surface area (Å²) in [5, 5.41) is 3.61. The molecule has 14 heavy (non-hydrogen) atoms. The number of primary amides is 1. The molecule has 0 spiro atoms. The second-order valence-corrected chi connectivity index (χ2v) is 2.51. The first-order chi connectivity index (χ1) is 6.72. The molecule has 74 valence electrons. The Morgan fingerprint density at radius 2 is 2.14 bits per heavy atom. The fourth-order valence-corrected chi connectivity index (χ4v) is 0.860. The Bertz CT molecular complexity index is 332. The molecule has 3 N–H and O–H groups in total. The number of rotatable bonds is 3. The van der Waals surface area contributed by atoms with E-state index in [1.165, 1.54) is 6.21 Å². The number of carbonyl (C=O) groups is 1. The van der Waals surface area contributed by atoms with E-state index < -0.39 is 6.03 Å². The minimum Gasteiger partial charge on any atom is -0.497 e. The largest absolute Gasteiger partial charge is 0.497 e. The SMILES string of the molecule is COc1ccc(/C=N/NC(N)=O)cc1. The summed E-state index contributed by atoms with van der Waals surface area (Å²) in [6, 6.07) is 6.53. The average Bonchev–Trinajstić information content (AvgIpc) is 2.18. The summed E-state index contributed by atoms with van der Waals surface area (Å²) in [5.41, 5.74) is 7.76. The van der Waals surface area contributed by atoms with E-state index in [1.807, 2.05) is 12.1 Å². The van der Waals surface area contributed by atoms with Crippen LogP contribution in [0.1, 0.15) is 5.56 Å². The van der Waals surface area contributed by atoms with Gasteiger partial charge in [0, 0.05) is 0 Å². The van der Waals surface area contributed by atoms with Crippen molar-refractivity contribution in [1.29, 1.82) is 0 Å². The van der Waals surface area contributed by atoms with Gasteiger partial charge in [-0.2, -0.15) is 5.10 Å². The standard InChI is InChI=1S/C9H11N3O2/c1-14-8-4-2-7(3-5-8)6-11-12-9(10)13/h2-6H,1H3,(H3,10,12,13)/b11-6+. The van der Waals surface area contributed by atoms with E-state index in [9.17, 15) is 4.79 Å². The highest BCUT2D eigenvalue weighted by molar-refractivity contribution is 5.81. The number of ether oxygens (including phenoxy) is 1. The van der Waals surface area contributed by atoms with Crippen LogP contribution in [0.5, 0.6) is 5.75 Å². The van der Waals surface area contributed by atoms with Crippen molar-refractivity contribution in [2.24, 2.45) is 10.8 Å². The fraction of sp³-hybridized carbons (Fsp3) is 0.111. The molecule has 0 fully saturated rings. The molecule has 0 saturated carbocycles. The van der Waals surface area contributed by atoms with Crippen molar-refractivity contribution in [2.75, 3.05) is 7.11 Å². The van der Waals surface area contributed by atoms with E-state index in [2.05, 4.69) is 10.5 Å². The molecule has 0 aliphatic heterocycles. The van der Waals surface area contributed by atoms with Gasteiger partial charge < -0.3 is 10.5 Å². The topological polar surface area (TPSA) is 76.7 Å². The maximum absolute atomic E-state index is 10.3. The summed E-state index contributed by atoms with van der Waals surface area (Å²) in [5.74, 6) is 0.769. The van der Waals surface area contributed by atoms with Crippen LogP contribution < -0.4 is 15.9 Å². The third kappa shape index (κ3) is 3.14. The number of urea groups is 1. The molecule has 1 aromatic rings. The van der Waals surface area contributed by atoms with Gasteiger partial charge in [-0.25, -0.2) is 10.2 Å². The normalized spacial score (nSPS) is 10.1. The van der Waals surface area contributed by atoms with Gasteiger partial charge in [0.25, 0.3) is 0 Å². The van der Waals surface area contributed by atoms with Crippen LogP contribution in [0.25, 0.3) is 0 Å². The molecule has 2 amide bonds. The Labute approximate surface area is 81.6 Å². The molecule has 0 heterocycles. The second kappa shape index (κ2) is 4.86. The van der Waals surface area contributed by atoms with Crippen molar-refractivity contribution in [3.63, 3.8) is 0 Å². The highest BCUT2D eigenvalue weighted by Crippen LogP contribution is 2.09. The zero-order chi connectivity index (χ0) is 10.4. The zero-order valence-electron chi connectivity index (χ0n) is 7.73. The van der Waals surface area contributed by atoms with E-state index in [1.54, 1.807) is 19.2 Å². The predicted molar refractivity (Wildman–Crippen MR) is 53.3 cm³/mol. The van der Waals surface area contributed by atoms with Crippen LogP contribution in [0.15, 0.2) is 29.4 Å². The van der Waals surface area contributed by atoms with E-state index in [-0.39, 0.29) is 0 Å². The number of methoxy groups -OCH3 is 1. The molecule has 0 unspecified atom stereocenters. The maximum Gasteiger partial charge on any atom is 0.332 e. The third-order valence-corrected chi connectivity index (χ3v) is 1.50. The molecule has 0 aromatic heterocycles. The number of hydrogen-bond acceptors (Lipinski definition) is 3. The lowest BCUT2D eigenvalue weighted by Crippen LogP contribution is -2.24. The monoisotopic (exact) mass is 193 g/mol. The summed E-state index contributed by atoms with van der Waals surface area (Å²) in [7, 11) is 1.59. The van der Waals surface area contributed by atoms with E-state index in [0.717, 1.165) is 11.3 Å². The second-order valence-electron chi connectivity index (χ2n) is 2.51. The van der Waals surface area contributed by atoms with Gasteiger partial charge in [-0.1, -0.05) is 0 Å². The van der Waals surface area contributed by atoms with Gasteiger partial charge in [0.2, 0.25) is 0 Å². The van der Waals surface area contributed by atoms with Crippen LogP contribution in [0.2, 0.25) is 0 Å². The maximum atomic E-state index is 10.3. The number of nitrogens with two attached hydrogens (primary N) is 1. The summed E-state index contributed by atoms with van der Waals surface area (Å²) < 4.78 is 4.98. The van der Waals surface area contributed by atoms with Crippen LogP contribution in [0, 0.1) is 0 Å². The minimum atomic E-state index is -0.685. The smallest absolute Gasteiger partial charge is 0.332 e. The van der Waals surface area contributed by atoms with Crippen LogP contribution in [-0.4, -0.2) is 19.4 Å². The number of nitrogens with zero attached hydrogens (tertiary/aromatic N) is 1. The van der Waals surface area contributed by atoms with E-state index in [0.29, 0.717) is 0 Å². The van der Waals surface area contributed by atoms with Gasteiger partial charge in [0.05, 0.1) is 13.3 Å². The zero-order valence-corrected chi connectivity index (χ0v) is 7.73. The first-order valence-electron chi connectivity index (χ1n) is 3.95. The van der Waals surface area contributed by atoms with Crippen LogP contribution in [-0.2, 0) is 0 Å². The van der Waals surface area contributed by atoms with Crippen molar-refractivity contribution in [3.05, 3.63) is 29.8 Å².